The van der Waals surface area contributed by atoms with E-state index in [1.54, 1.807) is 18.2 Å². The summed E-state index contributed by atoms with van der Waals surface area (Å²) in [5.41, 5.74) is 5.40. The fraction of sp³-hybridized carbons (Fsp3) is 0. The first-order valence-electron chi connectivity index (χ1n) is 3.63. The van der Waals surface area contributed by atoms with Gasteiger partial charge in [-0.15, -0.1) is 0 Å². The third-order valence-corrected chi connectivity index (χ3v) is 1.75. The molecule has 2 aromatic heterocycles. The van der Waals surface area contributed by atoms with Crippen molar-refractivity contribution in [2.24, 2.45) is 0 Å². The van der Waals surface area contributed by atoms with Crippen LogP contribution < -0.4 is 5.73 Å². The summed E-state index contributed by atoms with van der Waals surface area (Å²) >= 11 is 5.56. The van der Waals surface area contributed by atoms with Crippen LogP contribution in [-0.4, -0.2) is 4.98 Å². The summed E-state index contributed by atoms with van der Waals surface area (Å²) in [6.45, 7) is 0. The molecule has 70 valence electrons. The maximum absolute atomic E-state index is 8.57. The van der Waals surface area contributed by atoms with Crippen molar-refractivity contribution in [1.82, 2.24) is 4.98 Å². The van der Waals surface area contributed by atoms with E-state index in [1.807, 2.05) is 0 Å². The summed E-state index contributed by atoms with van der Waals surface area (Å²) in [7, 11) is 0. The summed E-state index contributed by atoms with van der Waals surface area (Å²) in [5.74, 6) is 0.448. The van der Waals surface area contributed by atoms with E-state index in [2.05, 4.69) is 4.98 Å². The van der Waals surface area contributed by atoms with Crippen LogP contribution >= 0.6 is 11.6 Å². The Balaban J connectivity index is 2.48. The lowest BCUT2D eigenvalue weighted by Crippen LogP contribution is -1.83. The third kappa shape index (κ3) is 1.32. The second-order valence-corrected chi connectivity index (χ2v) is 2.82. The van der Waals surface area contributed by atoms with Gasteiger partial charge in [-0.1, -0.05) is 0 Å². The van der Waals surface area contributed by atoms with Crippen molar-refractivity contribution in [1.29, 1.82) is 5.26 Å². The van der Waals surface area contributed by atoms with Crippen molar-refractivity contribution in [3.05, 3.63) is 23.0 Å². The van der Waals surface area contributed by atoms with Crippen LogP contribution in [0.1, 0.15) is 5.69 Å². The first kappa shape index (κ1) is 8.66. The van der Waals surface area contributed by atoms with Gasteiger partial charge in [0.2, 0.25) is 11.6 Å². The number of rotatable bonds is 1. The molecule has 0 aliphatic heterocycles. The zero-order valence-corrected chi connectivity index (χ0v) is 7.58. The average Bonchev–Trinajstić information content (AvgIpc) is 2.71. The molecular formula is C8H4ClN3O2. The molecule has 6 heteroatoms. The Labute approximate surface area is 83.7 Å². The second kappa shape index (κ2) is 3.09. The lowest BCUT2D eigenvalue weighted by Gasteiger charge is -1.85. The molecule has 0 atom stereocenters. The molecule has 0 aliphatic rings. The molecule has 2 rings (SSSR count). The number of hydrogen-bond acceptors (Lipinski definition) is 5. The highest BCUT2D eigenvalue weighted by Crippen LogP contribution is 2.26. The van der Waals surface area contributed by atoms with Crippen molar-refractivity contribution in [2.45, 2.75) is 0 Å². The van der Waals surface area contributed by atoms with Gasteiger partial charge in [0.15, 0.2) is 11.0 Å². The van der Waals surface area contributed by atoms with Crippen LogP contribution in [0.2, 0.25) is 5.22 Å². The predicted molar refractivity (Wildman–Crippen MR) is 48.3 cm³/mol. The minimum absolute atomic E-state index is 0.0324. The highest BCUT2D eigenvalue weighted by Gasteiger charge is 2.14. The molecular weight excluding hydrogens is 206 g/mol. The van der Waals surface area contributed by atoms with E-state index < -0.39 is 0 Å². The van der Waals surface area contributed by atoms with Gasteiger partial charge in [0, 0.05) is 0 Å². The number of hydrogen-bond donors (Lipinski definition) is 1. The van der Waals surface area contributed by atoms with Gasteiger partial charge in [-0.3, -0.25) is 0 Å². The number of furan rings is 1. The van der Waals surface area contributed by atoms with E-state index in [-0.39, 0.29) is 22.7 Å². The summed E-state index contributed by atoms with van der Waals surface area (Å²) in [6, 6.07) is 4.91. The Bertz CT molecular complexity index is 509. The van der Waals surface area contributed by atoms with Crippen LogP contribution in [0.25, 0.3) is 11.7 Å². The number of oxazole rings is 1. The molecule has 0 spiro atoms. The highest BCUT2D eigenvalue weighted by atomic mass is 35.5. The molecule has 0 saturated carbocycles. The Morgan fingerprint density at radius 2 is 2.21 bits per heavy atom. The second-order valence-electron chi connectivity index (χ2n) is 2.45. The Morgan fingerprint density at radius 1 is 1.43 bits per heavy atom. The fourth-order valence-electron chi connectivity index (χ4n) is 0.947. The first-order chi connectivity index (χ1) is 6.70. The van der Waals surface area contributed by atoms with Crippen molar-refractivity contribution in [2.75, 3.05) is 5.73 Å². The molecule has 0 radical (unpaired) electrons. The number of nitrogens with two attached hydrogens (primary N) is 1. The van der Waals surface area contributed by atoms with Crippen LogP contribution in [0.5, 0.6) is 0 Å². The number of aromatic nitrogens is 1. The monoisotopic (exact) mass is 209 g/mol. The number of nitrogens with zero attached hydrogens (tertiary/aromatic N) is 2. The van der Waals surface area contributed by atoms with E-state index in [0.29, 0.717) is 5.76 Å². The summed E-state index contributed by atoms with van der Waals surface area (Å²) in [4.78, 5) is 3.81. The van der Waals surface area contributed by atoms with Gasteiger partial charge in [-0.05, 0) is 23.7 Å². The van der Waals surface area contributed by atoms with Crippen molar-refractivity contribution in [3.63, 3.8) is 0 Å². The zero-order chi connectivity index (χ0) is 10.1. The van der Waals surface area contributed by atoms with E-state index in [4.69, 9.17) is 31.4 Å². The van der Waals surface area contributed by atoms with Crippen molar-refractivity contribution in [3.8, 4) is 17.7 Å². The molecule has 0 aliphatic carbocycles. The minimum Gasteiger partial charge on any atom is -0.440 e. The number of nitriles is 1. The van der Waals surface area contributed by atoms with Gasteiger partial charge >= 0.3 is 0 Å². The topological polar surface area (TPSA) is 89.0 Å². The number of nitrogen functional groups attached to an aromatic ring is 1. The highest BCUT2D eigenvalue weighted by molar-refractivity contribution is 6.28. The van der Waals surface area contributed by atoms with Gasteiger partial charge in [0.1, 0.15) is 6.07 Å². The molecule has 2 N–H and O–H groups in total. The van der Waals surface area contributed by atoms with Gasteiger partial charge in [-0.2, -0.15) is 10.2 Å². The predicted octanol–water partition coefficient (Wildman–Crippen LogP) is 2.04. The third-order valence-electron chi connectivity index (χ3n) is 1.54. The molecule has 0 unspecified atom stereocenters. The van der Waals surface area contributed by atoms with Crippen LogP contribution in [0, 0.1) is 11.3 Å². The summed E-state index contributed by atoms with van der Waals surface area (Å²) < 4.78 is 10.0. The maximum atomic E-state index is 8.57. The maximum Gasteiger partial charge on any atom is 0.266 e. The van der Waals surface area contributed by atoms with E-state index >= 15 is 0 Å². The fourth-order valence-corrected chi connectivity index (χ4v) is 1.09. The standard InChI is InChI=1S/C8H4ClN3O2/c9-6-2-1-5(13-6)8-12-4(3-10)7(11)14-8/h1-2H,11H2. The largest absolute Gasteiger partial charge is 0.440 e. The van der Waals surface area contributed by atoms with Crippen LogP contribution in [0.15, 0.2) is 21.0 Å². The molecule has 0 fully saturated rings. The van der Waals surface area contributed by atoms with E-state index in [0.717, 1.165) is 0 Å². The first-order valence-corrected chi connectivity index (χ1v) is 4.00. The molecule has 0 saturated heterocycles. The Kier molecular flexibility index (Phi) is 1.91. The lowest BCUT2D eigenvalue weighted by atomic mass is 10.4. The normalized spacial score (nSPS) is 10.0. The quantitative estimate of drug-likeness (QED) is 0.776. The molecule has 2 heterocycles. The summed E-state index contributed by atoms with van der Waals surface area (Å²) in [6.07, 6.45) is 0. The SMILES string of the molecule is N#Cc1nc(-c2ccc(Cl)o2)oc1N. The minimum atomic E-state index is -0.0324. The average molecular weight is 210 g/mol. The molecule has 14 heavy (non-hydrogen) atoms. The molecule has 2 aromatic rings. The van der Waals surface area contributed by atoms with Crippen LogP contribution in [0.3, 0.4) is 0 Å². The van der Waals surface area contributed by atoms with Gasteiger partial charge in [0.25, 0.3) is 5.89 Å². The summed E-state index contributed by atoms with van der Waals surface area (Å²) in [5, 5.41) is 8.79. The van der Waals surface area contributed by atoms with Gasteiger partial charge in [0.05, 0.1) is 0 Å². The lowest BCUT2D eigenvalue weighted by molar-refractivity contribution is 0.527. The Morgan fingerprint density at radius 3 is 2.71 bits per heavy atom. The molecule has 0 bridgehead atoms. The van der Waals surface area contributed by atoms with Crippen molar-refractivity contribution >= 4 is 17.5 Å². The molecule has 5 nitrogen and oxygen atoms in total. The van der Waals surface area contributed by atoms with Gasteiger partial charge in [-0.25, -0.2) is 0 Å². The van der Waals surface area contributed by atoms with Crippen LogP contribution in [-0.2, 0) is 0 Å². The van der Waals surface area contributed by atoms with E-state index in [1.165, 1.54) is 0 Å². The molecule has 0 amide bonds. The van der Waals surface area contributed by atoms with Crippen molar-refractivity contribution < 1.29 is 8.83 Å². The van der Waals surface area contributed by atoms with Crippen LogP contribution in [0.4, 0.5) is 5.88 Å². The Hall–Kier alpha value is -1.93. The van der Waals surface area contributed by atoms with E-state index in [9.17, 15) is 0 Å². The zero-order valence-electron chi connectivity index (χ0n) is 6.82. The number of anilines is 1. The molecule has 0 aromatic carbocycles. The number of halogens is 1. The van der Waals surface area contributed by atoms with Gasteiger partial charge < -0.3 is 14.6 Å². The smallest absolute Gasteiger partial charge is 0.266 e.